The molecule has 1 N–H and O–H groups in total. The fraction of sp³-hybridized carbons (Fsp3) is 0.400. The van der Waals surface area contributed by atoms with Crippen molar-refractivity contribution in [3.8, 4) is 0 Å². The number of halogens is 1. The van der Waals surface area contributed by atoms with E-state index in [1.807, 2.05) is 12.1 Å². The topological polar surface area (TPSA) is 61.8 Å². The van der Waals surface area contributed by atoms with Crippen molar-refractivity contribution in [3.05, 3.63) is 34.9 Å². The molecule has 5 nitrogen and oxygen atoms in total. The first-order valence-electron chi connectivity index (χ1n) is 7.08. The lowest BCUT2D eigenvalue weighted by Crippen LogP contribution is -2.48. The number of carbonyl (C=O) groups is 2. The summed E-state index contributed by atoms with van der Waals surface area (Å²) in [5, 5.41) is 8.29. The summed E-state index contributed by atoms with van der Waals surface area (Å²) in [6, 6.07) is 6.69. The van der Waals surface area contributed by atoms with Crippen LogP contribution >= 0.6 is 11.6 Å². The van der Waals surface area contributed by atoms with Gasteiger partial charge in [-0.1, -0.05) is 49.1 Å². The number of benzene rings is 1. The van der Waals surface area contributed by atoms with Gasteiger partial charge in [-0.05, 0) is 18.9 Å². The van der Waals surface area contributed by atoms with Crippen molar-refractivity contribution in [3.63, 3.8) is 0 Å². The molecule has 1 aliphatic heterocycles. The first-order chi connectivity index (χ1) is 10.1. The van der Waals surface area contributed by atoms with Gasteiger partial charge in [-0.3, -0.25) is 4.79 Å². The molecule has 1 aromatic rings. The van der Waals surface area contributed by atoms with Crippen LogP contribution in [0.2, 0.25) is 5.02 Å². The average molecular weight is 306 g/mol. The van der Waals surface area contributed by atoms with Gasteiger partial charge >= 0.3 is 6.03 Å². The highest BCUT2D eigenvalue weighted by Crippen LogP contribution is 2.33. The summed E-state index contributed by atoms with van der Waals surface area (Å²) < 4.78 is 0. The molecule has 1 aliphatic carbocycles. The smallest absolute Gasteiger partial charge is 0.321 e. The van der Waals surface area contributed by atoms with Gasteiger partial charge in [0.25, 0.3) is 5.91 Å². The third-order valence-electron chi connectivity index (χ3n) is 4.06. The largest absolute Gasteiger partial charge is 0.346 e. The Bertz CT molecular complexity index is 609. The van der Waals surface area contributed by atoms with Crippen molar-refractivity contribution < 1.29 is 9.59 Å². The van der Waals surface area contributed by atoms with Gasteiger partial charge in [-0.2, -0.15) is 5.10 Å². The number of hydrogen-bond acceptors (Lipinski definition) is 3. The number of hydrazone groups is 1. The number of hydrogen-bond donors (Lipinski definition) is 1. The second kappa shape index (κ2) is 5.48. The quantitative estimate of drug-likeness (QED) is 0.674. The number of imide groups is 1. The maximum Gasteiger partial charge on any atom is 0.346 e. The summed E-state index contributed by atoms with van der Waals surface area (Å²) in [5.41, 5.74) is -0.0722. The van der Waals surface area contributed by atoms with E-state index >= 15 is 0 Å². The summed E-state index contributed by atoms with van der Waals surface area (Å²) in [5.74, 6) is -0.254. The molecular weight excluding hydrogens is 290 g/mol. The zero-order chi connectivity index (χ0) is 14.9. The van der Waals surface area contributed by atoms with Crippen LogP contribution in [0.25, 0.3) is 0 Å². The van der Waals surface area contributed by atoms with Gasteiger partial charge in [0.2, 0.25) is 0 Å². The highest BCUT2D eigenvalue weighted by atomic mass is 35.5. The van der Waals surface area contributed by atoms with Crippen molar-refractivity contribution in [2.75, 3.05) is 0 Å². The molecule has 0 atom stereocenters. The van der Waals surface area contributed by atoms with E-state index in [1.54, 1.807) is 12.1 Å². The minimum atomic E-state index is -0.743. The predicted octanol–water partition coefficient (Wildman–Crippen LogP) is 2.93. The molecule has 1 saturated heterocycles. The second-order valence-electron chi connectivity index (χ2n) is 5.46. The Morgan fingerprint density at radius 1 is 1.19 bits per heavy atom. The molecule has 3 amide bonds. The highest BCUT2D eigenvalue weighted by molar-refractivity contribution is 6.33. The lowest BCUT2D eigenvalue weighted by molar-refractivity contribution is -0.132. The highest BCUT2D eigenvalue weighted by Gasteiger charge is 2.51. The van der Waals surface area contributed by atoms with Gasteiger partial charge in [0.15, 0.2) is 0 Å². The van der Waals surface area contributed by atoms with Crippen LogP contribution in [0.5, 0.6) is 0 Å². The molecule has 1 spiro atoms. The molecule has 2 aliphatic rings. The molecule has 6 heteroatoms. The standard InChI is InChI=1S/C15H16ClN3O2/c16-12-7-3-2-6-11(12)10-17-19-13(20)15(18-14(19)21)8-4-1-5-9-15/h2-3,6-7,10H,1,4-5,8-9H2,(H,18,21)/b17-10-. The Kier molecular flexibility index (Phi) is 3.68. The van der Waals surface area contributed by atoms with Crippen molar-refractivity contribution in [1.82, 2.24) is 10.3 Å². The molecule has 1 aromatic carbocycles. The van der Waals surface area contributed by atoms with Gasteiger partial charge < -0.3 is 5.32 Å². The van der Waals surface area contributed by atoms with Crippen molar-refractivity contribution >= 4 is 29.8 Å². The van der Waals surface area contributed by atoms with Gasteiger partial charge in [0.1, 0.15) is 5.54 Å². The molecule has 1 saturated carbocycles. The Hall–Kier alpha value is -1.88. The van der Waals surface area contributed by atoms with Crippen LogP contribution in [-0.4, -0.2) is 28.7 Å². The molecule has 0 unspecified atom stereocenters. The molecule has 110 valence electrons. The Labute approximate surface area is 128 Å². The van der Waals surface area contributed by atoms with E-state index in [0.717, 1.165) is 24.3 Å². The lowest BCUT2D eigenvalue weighted by atomic mass is 9.82. The molecule has 0 aromatic heterocycles. The van der Waals surface area contributed by atoms with Gasteiger partial charge in [-0.15, -0.1) is 5.01 Å². The monoisotopic (exact) mass is 305 g/mol. The predicted molar refractivity (Wildman–Crippen MR) is 80.2 cm³/mol. The lowest BCUT2D eigenvalue weighted by Gasteiger charge is -2.29. The number of nitrogens with one attached hydrogen (secondary N) is 1. The molecule has 0 bridgehead atoms. The summed E-state index contributed by atoms with van der Waals surface area (Å²) in [6.07, 6.45) is 5.84. The molecule has 21 heavy (non-hydrogen) atoms. The van der Waals surface area contributed by atoms with Crippen molar-refractivity contribution in [2.24, 2.45) is 5.10 Å². The van der Waals surface area contributed by atoms with Crippen LogP contribution in [-0.2, 0) is 4.79 Å². The van der Waals surface area contributed by atoms with E-state index < -0.39 is 11.6 Å². The number of urea groups is 1. The molecular formula is C15H16ClN3O2. The Balaban J connectivity index is 1.81. The minimum Gasteiger partial charge on any atom is -0.321 e. The number of rotatable bonds is 2. The molecule has 2 fully saturated rings. The van der Waals surface area contributed by atoms with Gasteiger partial charge in [0, 0.05) is 10.6 Å². The Morgan fingerprint density at radius 3 is 2.62 bits per heavy atom. The van der Waals surface area contributed by atoms with Crippen LogP contribution in [0.4, 0.5) is 4.79 Å². The van der Waals surface area contributed by atoms with Crippen LogP contribution < -0.4 is 5.32 Å². The van der Waals surface area contributed by atoms with Crippen molar-refractivity contribution in [2.45, 2.75) is 37.6 Å². The number of amides is 3. The van der Waals surface area contributed by atoms with E-state index in [-0.39, 0.29) is 5.91 Å². The average Bonchev–Trinajstić information content (AvgIpc) is 2.70. The maximum absolute atomic E-state index is 12.5. The molecule has 1 heterocycles. The first-order valence-corrected chi connectivity index (χ1v) is 7.45. The normalized spacial score (nSPS) is 21.3. The van der Waals surface area contributed by atoms with Crippen LogP contribution in [0.1, 0.15) is 37.7 Å². The van der Waals surface area contributed by atoms with E-state index in [0.29, 0.717) is 23.4 Å². The third-order valence-corrected chi connectivity index (χ3v) is 4.41. The van der Waals surface area contributed by atoms with Crippen LogP contribution in [0.3, 0.4) is 0 Å². The van der Waals surface area contributed by atoms with E-state index in [2.05, 4.69) is 10.4 Å². The second-order valence-corrected chi connectivity index (χ2v) is 5.86. The van der Waals surface area contributed by atoms with Gasteiger partial charge in [0.05, 0.1) is 6.21 Å². The van der Waals surface area contributed by atoms with E-state index in [4.69, 9.17) is 11.6 Å². The van der Waals surface area contributed by atoms with Crippen LogP contribution in [0.15, 0.2) is 29.4 Å². The molecule has 0 radical (unpaired) electrons. The first kappa shape index (κ1) is 14.1. The zero-order valence-corrected chi connectivity index (χ0v) is 12.3. The van der Waals surface area contributed by atoms with Crippen LogP contribution in [0, 0.1) is 0 Å². The summed E-state index contributed by atoms with van der Waals surface area (Å²) >= 11 is 6.03. The summed E-state index contributed by atoms with van der Waals surface area (Å²) in [7, 11) is 0. The van der Waals surface area contributed by atoms with Gasteiger partial charge in [-0.25, -0.2) is 4.79 Å². The van der Waals surface area contributed by atoms with Crippen molar-refractivity contribution in [1.29, 1.82) is 0 Å². The minimum absolute atomic E-state index is 0.254. The van der Waals surface area contributed by atoms with E-state index in [1.165, 1.54) is 6.21 Å². The zero-order valence-electron chi connectivity index (χ0n) is 11.5. The maximum atomic E-state index is 12.5. The third kappa shape index (κ3) is 2.53. The van der Waals surface area contributed by atoms with E-state index in [9.17, 15) is 9.59 Å². The fourth-order valence-electron chi connectivity index (χ4n) is 2.90. The summed E-state index contributed by atoms with van der Waals surface area (Å²) in [6.45, 7) is 0. The Morgan fingerprint density at radius 2 is 1.90 bits per heavy atom. The summed E-state index contributed by atoms with van der Waals surface area (Å²) in [4.78, 5) is 24.5. The molecule has 3 rings (SSSR count). The number of carbonyl (C=O) groups excluding carboxylic acids is 2. The fourth-order valence-corrected chi connectivity index (χ4v) is 3.09. The SMILES string of the molecule is O=C1NC2(CCCCC2)C(=O)N1/N=C\c1ccccc1Cl. The number of nitrogens with zero attached hydrogens (tertiary/aromatic N) is 2.